The second kappa shape index (κ2) is 7.41. The van der Waals surface area contributed by atoms with Crippen LogP contribution in [0.1, 0.15) is 41.6 Å². The average molecular weight is 341 g/mol. The van der Waals surface area contributed by atoms with Gasteiger partial charge in [0.05, 0.1) is 14.2 Å². The third kappa shape index (κ3) is 3.72. The van der Waals surface area contributed by atoms with Gasteiger partial charge in [0, 0.05) is 23.7 Å². The predicted molar refractivity (Wildman–Crippen MR) is 92.0 cm³/mol. The Morgan fingerprint density at radius 2 is 1.70 bits per heavy atom. The van der Waals surface area contributed by atoms with Crippen molar-refractivity contribution in [2.75, 3.05) is 14.2 Å². The number of ether oxygens (including phenoxy) is 2. The Bertz CT molecular complexity index is 567. The molecule has 5 nitrogen and oxygen atoms in total. The molecule has 0 spiro atoms. The quantitative estimate of drug-likeness (QED) is 0.884. The van der Waals surface area contributed by atoms with Gasteiger partial charge in [0.2, 0.25) is 0 Å². The van der Waals surface area contributed by atoms with Crippen LogP contribution in [0.2, 0.25) is 0 Å². The highest BCUT2D eigenvalue weighted by atomic mass is 35.5. The van der Waals surface area contributed by atoms with E-state index in [4.69, 9.17) is 9.47 Å². The van der Waals surface area contributed by atoms with Gasteiger partial charge in [0.1, 0.15) is 0 Å². The number of fused-ring (bicyclic) bond motifs is 2. The first-order valence-corrected chi connectivity index (χ1v) is 7.90. The molecule has 0 aromatic heterocycles. The molecule has 2 bridgehead atoms. The number of hydrogen-bond donors (Lipinski definition) is 2. The number of carbonyl (C=O) groups excluding carboxylic acids is 1. The molecule has 2 aliphatic heterocycles. The molecule has 2 heterocycles. The minimum Gasteiger partial charge on any atom is -0.493 e. The summed E-state index contributed by atoms with van der Waals surface area (Å²) in [5.41, 5.74) is 1.55. The number of methoxy groups -OCH3 is 2. The van der Waals surface area contributed by atoms with Crippen LogP contribution in [0, 0.1) is 6.92 Å². The highest BCUT2D eigenvalue weighted by Crippen LogP contribution is 2.31. The van der Waals surface area contributed by atoms with Crippen LogP contribution in [0.25, 0.3) is 0 Å². The summed E-state index contributed by atoms with van der Waals surface area (Å²) >= 11 is 0. The van der Waals surface area contributed by atoms with Gasteiger partial charge in [-0.1, -0.05) is 0 Å². The predicted octanol–water partition coefficient (Wildman–Crippen LogP) is 2.45. The first-order valence-electron chi connectivity index (χ1n) is 7.90. The Balaban J connectivity index is 0.00000192. The van der Waals surface area contributed by atoms with Crippen molar-refractivity contribution in [1.29, 1.82) is 0 Å². The molecule has 2 unspecified atom stereocenters. The van der Waals surface area contributed by atoms with E-state index in [9.17, 15) is 4.79 Å². The van der Waals surface area contributed by atoms with Gasteiger partial charge in [0.15, 0.2) is 11.5 Å². The summed E-state index contributed by atoms with van der Waals surface area (Å²) < 4.78 is 10.6. The minimum absolute atomic E-state index is 0. The normalized spacial score (nSPS) is 25.4. The van der Waals surface area contributed by atoms with Crippen LogP contribution in [0.15, 0.2) is 12.1 Å². The molecule has 2 aliphatic rings. The van der Waals surface area contributed by atoms with E-state index in [1.165, 1.54) is 12.8 Å². The highest BCUT2D eigenvalue weighted by Gasteiger charge is 2.34. The van der Waals surface area contributed by atoms with E-state index in [-0.39, 0.29) is 24.4 Å². The maximum Gasteiger partial charge on any atom is 0.251 e. The molecule has 1 amide bonds. The number of amides is 1. The lowest BCUT2D eigenvalue weighted by Gasteiger charge is -2.30. The Kier molecular flexibility index (Phi) is 5.76. The van der Waals surface area contributed by atoms with E-state index in [0.29, 0.717) is 29.1 Å². The lowest BCUT2D eigenvalue weighted by molar-refractivity contribution is 0.0923. The van der Waals surface area contributed by atoms with Crippen LogP contribution < -0.4 is 20.1 Å². The summed E-state index contributed by atoms with van der Waals surface area (Å²) in [5, 5.41) is 6.78. The Morgan fingerprint density at radius 3 is 2.26 bits per heavy atom. The van der Waals surface area contributed by atoms with Gasteiger partial charge in [-0.2, -0.15) is 0 Å². The topological polar surface area (TPSA) is 59.6 Å². The Hall–Kier alpha value is -1.46. The fourth-order valence-electron chi connectivity index (χ4n) is 3.66. The van der Waals surface area contributed by atoms with Crippen LogP contribution in [0.5, 0.6) is 11.5 Å². The molecule has 0 radical (unpaired) electrons. The molecule has 2 atom stereocenters. The number of hydrogen-bond acceptors (Lipinski definition) is 4. The number of rotatable bonds is 4. The van der Waals surface area contributed by atoms with Crippen molar-refractivity contribution in [3.63, 3.8) is 0 Å². The molecular formula is C17H25ClN2O3. The van der Waals surface area contributed by atoms with Crippen molar-refractivity contribution in [3.05, 3.63) is 23.3 Å². The van der Waals surface area contributed by atoms with Crippen LogP contribution in [-0.4, -0.2) is 38.3 Å². The first kappa shape index (κ1) is 17.9. The van der Waals surface area contributed by atoms with Crippen LogP contribution in [0.4, 0.5) is 0 Å². The molecule has 3 rings (SSSR count). The van der Waals surface area contributed by atoms with E-state index in [1.54, 1.807) is 20.3 Å². The van der Waals surface area contributed by atoms with Gasteiger partial charge in [0.25, 0.3) is 5.91 Å². The maximum absolute atomic E-state index is 12.6. The van der Waals surface area contributed by atoms with Crippen molar-refractivity contribution in [1.82, 2.24) is 10.6 Å². The van der Waals surface area contributed by atoms with Crippen molar-refractivity contribution in [2.45, 2.75) is 50.7 Å². The number of piperidine rings is 1. The Labute approximate surface area is 143 Å². The molecule has 23 heavy (non-hydrogen) atoms. The van der Waals surface area contributed by atoms with Gasteiger partial charge >= 0.3 is 0 Å². The van der Waals surface area contributed by atoms with Crippen molar-refractivity contribution >= 4 is 18.3 Å². The molecule has 128 valence electrons. The molecular weight excluding hydrogens is 316 g/mol. The second-order valence-corrected chi connectivity index (χ2v) is 6.30. The van der Waals surface area contributed by atoms with Gasteiger partial charge < -0.3 is 20.1 Å². The van der Waals surface area contributed by atoms with Crippen LogP contribution in [-0.2, 0) is 0 Å². The van der Waals surface area contributed by atoms with E-state index < -0.39 is 0 Å². The monoisotopic (exact) mass is 340 g/mol. The van der Waals surface area contributed by atoms with E-state index in [0.717, 1.165) is 18.4 Å². The van der Waals surface area contributed by atoms with Crippen molar-refractivity contribution in [2.24, 2.45) is 0 Å². The van der Waals surface area contributed by atoms with Crippen molar-refractivity contribution in [3.8, 4) is 11.5 Å². The molecule has 2 fully saturated rings. The van der Waals surface area contributed by atoms with E-state index >= 15 is 0 Å². The number of carbonyl (C=O) groups is 1. The fourth-order valence-corrected chi connectivity index (χ4v) is 3.66. The molecule has 6 heteroatoms. The molecule has 1 aromatic carbocycles. The zero-order chi connectivity index (χ0) is 15.7. The summed E-state index contributed by atoms with van der Waals surface area (Å²) in [4.78, 5) is 12.6. The molecule has 2 saturated heterocycles. The zero-order valence-corrected chi connectivity index (χ0v) is 14.7. The van der Waals surface area contributed by atoms with Gasteiger partial charge in [-0.05, 0) is 50.3 Å². The molecule has 0 aliphatic carbocycles. The summed E-state index contributed by atoms with van der Waals surface area (Å²) in [6.07, 6.45) is 4.50. The molecule has 1 aromatic rings. The smallest absolute Gasteiger partial charge is 0.251 e. The summed E-state index contributed by atoms with van der Waals surface area (Å²) in [7, 11) is 3.18. The lowest BCUT2D eigenvalue weighted by atomic mass is 9.99. The zero-order valence-electron chi connectivity index (χ0n) is 13.8. The number of halogens is 1. The van der Waals surface area contributed by atoms with Crippen LogP contribution in [0.3, 0.4) is 0 Å². The first-order chi connectivity index (χ1) is 10.6. The SMILES string of the molecule is COc1cc(C)c(C(=O)NC2CC3CCC(C2)N3)cc1OC.Cl. The van der Waals surface area contributed by atoms with E-state index in [2.05, 4.69) is 10.6 Å². The van der Waals surface area contributed by atoms with Gasteiger partial charge in [-0.25, -0.2) is 0 Å². The summed E-state index contributed by atoms with van der Waals surface area (Å²) in [5.74, 6) is 1.21. The average Bonchev–Trinajstić information content (AvgIpc) is 2.85. The van der Waals surface area contributed by atoms with Gasteiger partial charge in [-0.15, -0.1) is 12.4 Å². The third-order valence-electron chi connectivity index (χ3n) is 4.78. The molecule has 2 N–H and O–H groups in total. The number of nitrogens with one attached hydrogen (secondary N) is 2. The molecule has 0 saturated carbocycles. The van der Waals surface area contributed by atoms with Crippen LogP contribution >= 0.6 is 12.4 Å². The standard InChI is InChI=1S/C17H24N2O3.ClH/c1-10-6-15(21-2)16(22-3)9-14(10)17(20)19-13-7-11-4-5-12(8-13)18-11;/h6,9,11-13,18H,4-5,7-8H2,1-3H3,(H,19,20);1H. The number of aryl methyl sites for hydroxylation is 1. The van der Waals surface area contributed by atoms with Crippen molar-refractivity contribution < 1.29 is 14.3 Å². The third-order valence-corrected chi connectivity index (χ3v) is 4.78. The largest absolute Gasteiger partial charge is 0.493 e. The van der Waals surface area contributed by atoms with Gasteiger partial charge in [-0.3, -0.25) is 4.79 Å². The maximum atomic E-state index is 12.6. The number of benzene rings is 1. The summed E-state index contributed by atoms with van der Waals surface area (Å²) in [6.45, 7) is 1.92. The Morgan fingerprint density at radius 1 is 1.13 bits per heavy atom. The second-order valence-electron chi connectivity index (χ2n) is 6.30. The lowest BCUT2D eigenvalue weighted by Crippen LogP contribution is -2.48. The minimum atomic E-state index is -0.0234. The highest BCUT2D eigenvalue weighted by molar-refractivity contribution is 5.96. The summed E-state index contributed by atoms with van der Waals surface area (Å²) in [6, 6.07) is 5.00. The van der Waals surface area contributed by atoms with E-state index in [1.807, 2.05) is 13.0 Å². The fraction of sp³-hybridized carbons (Fsp3) is 0.588.